The highest BCUT2D eigenvalue weighted by molar-refractivity contribution is 5.76. The Morgan fingerprint density at radius 1 is 1.35 bits per heavy atom. The van der Waals surface area contributed by atoms with Gasteiger partial charge in [-0.15, -0.1) is 0 Å². The van der Waals surface area contributed by atoms with Crippen molar-refractivity contribution >= 4 is 5.91 Å². The van der Waals surface area contributed by atoms with Crippen molar-refractivity contribution in [3.8, 4) is 0 Å². The number of amides is 1. The first-order valence-electron chi connectivity index (χ1n) is 5.97. The number of carbonyl (C=O) groups excluding carboxylic acids is 1. The molecular weight excluding hydrogens is 216 g/mol. The Labute approximate surface area is 103 Å². The predicted octanol–water partition coefficient (Wildman–Crippen LogP) is 2.39. The molecule has 0 radical (unpaired) electrons. The molecule has 0 atom stereocenters. The third kappa shape index (κ3) is 5.02. The lowest BCUT2D eigenvalue weighted by atomic mass is 9.92. The highest BCUT2D eigenvalue weighted by Crippen LogP contribution is 2.17. The van der Waals surface area contributed by atoms with E-state index < -0.39 is 0 Å². The van der Waals surface area contributed by atoms with Crippen LogP contribution < -0.4 is 5.32 Å². The zero-order valence-electron chi connectivity index (χ0n) is 11.4. The first kappa shape index (κ1) is 13.7. The van der Waals surface area contributed by atoms with Crippen molar-refractivity contribution in [1.29, 1.82) is 0 Å². The number of carbonyl (C=O) groups is 1. The molecule has 1 amide bonds. The van der Waals surface area contributed by atoms with E-state index in [4.69, 9.17) is 4.42 Å². The predicted molar refractivity (Wildman–Crippen MR) is 66.8 cm³/mol. The smallest absolute Gasteiger partial charge is 0.220 e. The summed E-state index contributed by atoms with van der Waals surface area (Å²) in [4.78, 5) is 15.8. The first-order chi connectivity index (χ1) is 7.78. The van der Waals surface area contributed by atoms with Crippen molar-refractivity contribution < 1.29 is 9.21 Å². The minimum atomic E-state index is 0.0306. The van der Waals surface area contributed by atoms with E-state index in [9.17, 15) is 4.79 Å². The Morgan fingerprint density at radius 2 is 2.00 bits per heavy atom. The van der Waals surface area contributed by atoms with Crippen LogP contribution >= 0.6 is 0 Å². The summed E-state index contributed by atoms with van der Waals surface area (Å²) >= 11 is 0. The molecule has 1 rings (SSSR count). The largest absolute Gasteiger partial charge is 0.446 e. The Bertz CT molecular complexity index is 389. The Hall–Kier alpha value is -1.32. The third-order valence-corrected chi connectivity index (χ3v) is 2.36. The Morgan fingerprint density at radius 3 is 2.47 bits per heavy atom. The van der Waals surface area contributed by atoms with Crippen LogP contribution in [0.15, 0.2) is 4.42 Å². The van der Waals surface area contributed by atoms with Crippen LogP contribution in [0, 0.1) is 19.3 Å². The molecule has 0 unspecified atom stereocenters. The number of hydrogen-bond donors (Lipinski definition) is 1. The van der Waals surface area contributed by atoms with Crippen LogP contribution in [0.1, 0.15) is 44.5 Å². The van der Waals surface area contributed by atoms with Crippen LogP contribution in [0.25, 0.3) is 0 Å². The third-order valence-electron chi connectivity index (χ3n) is 2.36. The molecule has 96 valence electrons. The van der Waals surface area contributed by atoms with Crippen molar-refractivity contribution in [1.82, 2.24) is 10.3 Å². The highest BCUT2D eigenvalue weighted by atomic mass is 16.4. The number of nitrogens with one attached hydrogen (secondary N) is 1. The average molecular weight is 238 g/mol. The standard InChI is InChI=1S/C13H22N2O2/c1-9-11(17-10(2)15-9)6-7-14-12(16)8-13(3,4)5/h6-8H2,1-5H3,(H,14,16). The number of aryl methyl sites for hydroxylation is 2. The number of aromatic nitrogens is 1. The molecule has 1 aromatic rings. The molecule has 1 N–H and O–H groups in total. The summed E-state index contributed by atoms with van der Waals surface area (Å²) in [5.41, 5.74) is 0.940. The molecule has 0 saturated carbocycles. The van der Waals surface area contributed by atoms with E-state index in [0.717, 1.165) is 11.5 Å². The van der Waals surface area contributed by atoms with Crippen LogP contribution in [0.2, 0.25) is 0 Å². The van der Waals surface area contributed by atoms with E-state index in [1.165, 1.54) is 0 Å². The maximum absolute atomic E-state index is 11.6. The molecule has 0 aliphatic carbocycles. The van der Waals surface area contributed by atoms with Gasteiger partial charge in [-0.25, -0.2) is 4.98 Å². The second-order valence-corrected chi connectivity index (χ2v) is 5.58. The van der Waals surface area contributed by atoms with Crippen molar-refractivity contribution in [2.75, 3.05) is 6.54 Å². The fraction of sp³-hybridized carbons (Fsp3) is 0.692. The van der Waals surface area contributed by atoms with E-state index in [0.29, 0.717) is 25.3 Å². The molecule has 0 spiro atoms. The normalized spacial score (nSPS) is 11.6. The molecule has 17 heavy (non-hydrogen) atoms. The maximum atomic E-state index is 11.6. The van der Waals surface area contributed by atoms with Gasteiger partial charge in [-0.1, -0.05) is 20.8 Å². The number of rotatable bonds is 4. The zero-order chi connectivity index (χ0) is 13.1. The van der Waals surface area contributed by atoms with Gasteiger partial charge < -0.3 is 9.73 Å². The molecule has 1 aromatic heterocycles. The fourth-order valence-corrected chi connectivity index (χ4v) is 1.67. The lowest BCUT2D eigenvalue weighted by Gasteiger charge is -2.17. The van der Waals surface area contributed by atoms with Gasteiger partial charge in [-0.05, 0) is 12.3 Å². The maximum Gasteiger partial charge on any atom is 0.220 e. The quantitative estimate of drug-likeness (QED) is 0.876. The van der Waals surface area contributed by atoms with Gasteiger partial charge in [0.15, 0.2) is 5.89 Å². The SMILES string of the molecule is Cc1nc(C)c(CCNC(=O)CC(C)(C)C)o1. The lowest BCUT2D eigenvalue weighted by molar-refractivity contribution is -0.122. The molecule has 0 aliphatic rings. The molecule has 0 aromatic carbocycles. The molecule has 0 aliphatic heterocycles. The van der Waals surface area contributed by atoms with E-state index >= 15 is 0 Å². The second kappa shape index (κ2) is 5.34. The molecule has 0 fully saturated rings. The first-order valence-corrected chi connectivity index (χ1v) is 5.97. The summed E-state index contributed by atoms with van der Waals surface area (Å²) in [6.45, 7) is 10.5. The van der Waals surface area contributed by atoms with E-state index in [1.807, 2.05) is 13.8 Å². The number of oxazole rings is 1. The van der Waals surface area contributed by atoms with Gasteiger partial charge in [0.05, 0.1) is 5.69 Å². The molecule has 4 heteroatoms. The minimum Gasteiger partial charge on any atom is -0.446 e. The minimum absolute atomic E-state index is 0.0306. The van der Waals surface area contributed by atoms with Gasteiger partial charge in [0.1, 0.15) is 5.76 Å². The molecule has 0 bridgehead atoms. The van der Waals surface area contributed by atoms with Crippen molar-refractivity contribution in [3.63, 3.8) is 0 Å². The molecular formula is C13H22N2O2. The van der Waals surface area contributed by atoms with Crippen molar-refractivity contribution in [3.05, 3.63) is 17.3 Å². The summed E-state index contributed by atoms with van der Waals surface area (Å²) < 4.78 is 5.43. The monoisotopic (exact) mass is 238 g/mol. The van der Waals surface area contributed by atoms with Gasteiger partial charge in [-0.2, -0.15) is 0 Å². The zero-order valence-corrected chi connectivity index (χ0v) is 11.4. The van der Waals surface area contributed by atoms with E-state index in [-0.39, 0.29) is 11.3 Å². The van der Waals surface area contributed by atoms with Crippen LogP contribution in [-0.4, -0.2) is 17.4 Å². The molecule has 1 heterocycles. The summed E-state index contributed by atoms with van der Waals surface area (Å²) in [5, 5.41) is 2.90. The summed E-state index contributed by atoms with van der Waals surface area (Å²) in [6, 6.07) is 0. The highest BCUT2D eigenvalue weighted by Gasteiger charge is 2.15. The number of hydrogen-bond acceptors (Lipinski definition) is 3. The Kier molecular flexibility index (Phi) is 4.32. The van der Waals surface area contributed by atoms with Gasteiger partial charge in [-0.3, -0.25) is 4.79 Å². The lowest BCUT2D eigenvalue weighted by Crippen LogP contribution is -2.29. The average Bonchev–Trinajstić information content (AvgIpc) is 2.42. The fourth-order valence-electron chi connectivity index (χ4n) is 1.67. The summed E-state index contributed by atoms with van der Waals surface area (Å²) in [6.07, 6.45) is 1.24. The summed E-state index contributed by atoms with van der Waals surface area (Å²) in [5.74, 6) is 1.63. The van der Waals surface area contributed by atoms with Crippen LogP contribution in [-0.2, 0) is 11.2 Å². The summed E-state index contributed by atoms with van der Waals surface area (Å²) in [7, 11) is 0. The topological polar surface area (TPSA) is 55.1 Å². The van der Waals surface area contributed by atoms with Gasteiger partial charge in [0.25, 0.3) is 0 Å². The number of nitrogens with zero attached hydrogens (tertiary/aromatic N) is 1. The molecule has 4 nitrogen and oxygen atoms in total. The van der Waals surface area contributed by atoms with Crippen LogP contribution in [0.5, 0.6) is 0 Å². The molecule has 0 saturated heterocycles. The van der Waals surface area contributed by atoms with Crippen molar-refractivity contribution in [2.45, 2.75) is 47.5 Å². The second-order valence-electron chi connectivity index (χ2n) is 5.58. The van der Waals surface area contributed by atoms with Gasteiger partial charge >= 0.3 is 0 Å². The van der Waals surface area contributed by atoms with Crippen LogP contribution in [0.4, 0.5) is 0 Å². The van der Waals surface area contributed by atoms with E-state index in [1.54, 1.807) is 0 Å². The Balaban J connectivity index is 2.33. The van der Waals surface area contributed by atoms with Crippen molar-refractivity contribution in [2.24, 2.45) is 5.41 Å². The van der Waals surface area contributed by atoms with E-state index in [2.05, 4.69) is 31.1 Å². The van der Waals surface area contributed by atoms with Gasteiger partial charge in [0, 0.05) is 26.3 Å². The van der Waals surface area contributed by atoms with Gasteiger partial charge in [0.2, 0.25) is 5.91 Å². The van der Waals surface area contributed by atoms with Crippen LogP contribution in [0.3, 0.4) is 0 Å².